The van der Waals surface area contributed by atoms with Gasteiger partial charge in [-0.1, -0.05) is 17.8 Å². The maximum Gasteiger partial charge on any atom is 0.344 e. The third kappa shape index (κ3) is 5.33. The SMILES string of the molecule is COc1ccc(CNC(=O)[C@H](C)Sc2n[nH]c(=O)n2C[C@@H]2CCCO2)cc1OC. The van der Waals surface area contributed by atoms with Crippen molar-refractivity contribution in [2.75, 3.05) is 20.8 Å². The maximum absolute atomic E-state index is 12.5. The zero-order valence-electron chi connectivity index (χ0n) is 16.8. The molecular formula is C19H26N4O5S. The minimum absolute atomic E-state index is 0.0128. The van der Waals surface area contributed by atoms with Gasteiger partial charge in [0.1, 0.15) is 0 Å². The Morgan fingerprint density at radius 3 is 2.90 bits per heavy atom. The molecule has 1 aliphatic heterocycles. The summed E-state index contributed by atoms with van der Waals surface area (Å²) in [6.45, 7) is 3.30. The van der Waals surface area contributed by atoms with Gasteiger partial charge in [-0.05, 0) is 37.5 Å². The molecule has 158 valence electrons. The van der Waals surface area contributed by atoms with Crippen molar-refractivity contribution in [1.82, 2.24) is 20.1 Å². The highest BCUT2D eigenvalue weighted by atomic mass is 32.2. The zero-order valence-corrected chi connectivity index (χ0v) is 17.6. The lowest BCUT2D eigenvalue weighted by atomic mass is 10.2. The van der Waals surface area contributed by atoms with Crippen molar-refractivity contribution in [1.29, 1.82) is 0 Å². The Morgan fingerprint density at radius 2 is 2.21 bits per heavy atom. The molecule has 1 saturated heterocycles. The van der Waals surface area contributed by atoms with Crippen LogP contribution in [-0.4, -0.2) is 52.9 Å². The molecule has 1 aliphatic rings. The first kappa shape index (κ1) is 21.3. The number of aromatic amines is 1. The van der Waals surface area contributed by atoms with Gasteiger partial charge in [-0.15, -0.1) is 5.10 Å². The van der Waals surface area contributed by atoms with Gasteiger partial charge >= 0.3 is 5.69 Å². The molecular weight excluding hydrogens is 396 g/mol. The number of benzene rings is 1. The average molecular weight is 423 g/mol. The first-order chi connectivity index (χ1) is 14.0. The van der Waals surface area contributed by atoms with Crippen molar-refractivity contribution >= 4 is 17.7 Å². The van der Waals surface area contributed by atoms with Gasteiger partial charge in [-0.2, -0.15) is 0 Å². The number of hydrogen-bond acceptors (Lipinski definition) is 7. The zero-order chi connectivity index (χ0) is 20.8. The van der Waals surface area contributed by atoms with Gasteiger partial charge < -0.3 is 19.5 Å². The summed E-state index contributed by atoms with van der Waals surface area (Å²) in [5.74, 6) is 1.09. The molecule has 2 aromatic rings. The predicted octanol–water partition coefficient (Wildman–Crippen LogP) is 1.56. The summed E-state index contributed by atoms with van der Waals surface area (Å²) in [7, 11) is 3.14. The molecule has 2 N–H and O–H groups in total. The highest BCUT2D eigenvalue weighted by Gasteiger charge is 2.22. The number of carbonyl (C=O) groups excluding carboxylic acids is 1. The van der Waals surface area contributed by atoms with Crippen molar-refractivity contribution in [2.24, 2.45) is 0 Å². The first-order valence-electron chi connectivity index (χ1n) is 9.44. The second kappa shape index (κ2) is 9.84. The van der Waals surface area contributed by atoms with E-state index in [1.807, 2.05) is 12.1 Å². The van der Waals surface area contributed by atoms with Crippen LogP contribution in [0.2, 0.25) is 0 Å². The number of rotatable bonds is 9. The van der Waals surface area contributed by atoms with Crippen molar-refractivity contribution in [3.8, 4) is 11.5 Å². The summed E-state index contributed by atoms with van der Waals surface area (Å²) in [5.41, 5.74) is 0.601. The van der Waals surface area contributed by atoms with Gasteiger partial charge in [0.15, 0.2) is 16.7 Å². The van der Waals surface area contributed by atoms with Crippen LogP contribution in [0.1, 0.15) is 25.3 Å². The number of nitrogens with zero attached hydrogens (tertiary/aromatic N) is 2. The highest BCUT2D eigenvalue weighted by molar-refractivity contribution is 8.00. The number of H-pyrrole nitrogens is 1. The molecule has 0 spiro atoms. The number of aromatic nitrogens is 3. The Morgan fingerprint density at radius 1 is 1.41 bits per heavy atom. The fraction of sp³-hybridized carbons (Fsp3) is 0.526. The van der Waals surface area contributed by atoms with Crippen LogP contribution in [0, 0.1) is 0 Å². The summed E-state index contributed by atoms with van der Waals surface area (Å²) >= 11 is 1.24. The maximum atomic E-state index is 12.5. The van der Waals surface area contributed by atoms with Crippen LogP contribution >= 0.6 is 11.8 Å². The van der Waals surface area contributed by atoms with Crippen LogP contribution in [0.25, 0.3) is 0 Å². The molecule has 1 aromatic carbocycles. The van der Waals surface area contributed by atoms with Gasteiger partial charge in [0.25, 0.3) is 0 Å². The van der Waals surface area contributed by atoms with E-state index in [0.29, 0.717) is 36.4 Å². The smallest absolute Gasteiger partial charge is 0.344 e. The topological polar surface area (TPSA) is 107 Å². The second-order valence-corrected chi connectivity index (χ2v) is 8.03. The summed E-state index contributed by atoms with van der Waals surface area (Å²) in [5, 5.41) is 9.49. The molecule has 2 heterocycles. The Kier molecular flexibility index (Phi) is 7.21. The third-order valence-electron chi connectivity index (χ3n) is 4.70. The minimum atomic E-state index is -0.423. The van der Waals surface area contributed by atoms with E-state index in [4.69, 9.17) is 14.2 Å². The summed E-state index contributed by atoms with van der Waals surface area (Å²) in [4.78, 5) is 24.6. The quantitative estimate of drug-likeness (QED) is 0.591. The molecule has 2 atom stereocenters. The van der Waals surface area contributed by atoms with Crippen LogP contribution in [0.4, 0.5) is 0 Å². The third-order valence-corrected chi connectivity index (χ3v) is 5.79. The van der Waals surface area contributed by atoms with E-state index < -0.39 is 5.25 Å². The molecule has 1 aromatic heterocycles. The fourth-order valence-electron chi connectivity index (χ4n) is 3.08. The number of carbonyl (C=O) groups is 1. The highest BCUT2D eigenvalue weighted by Crippen LogP contribution is 2.27. The van der Waals surface area contributed by atoms with Crippen LogP contribution in [-0.2, 0) is 22.6 Å². The van der Waals surface area contributed by atoms with Crippen LogP contribution < -0.4 is 20.5 Å². The molecule has 3 rings (SSSR count). The van der Waals surface area contributed by atoms with Crippen LogP contribution in [0.3, 0.4) is 0 Å². The largest absolute Gasteiger partial charge is 0.493 e. The second-order valence-electron chi connectivity index (χ2n) is 6.72. The molecule has 0 bridgehead atoms. The minimum Gasteiger partial charge on any atom is -0.493 e. The Balaban J connectivity index is 1.58. The summed E-state index contributed by atoms with van der Waals surface area (Å²) in [6, 6.07) is 5.49. The molecule has 1 fully saturated rings. The van der Waals surface area contributed by atoms with Gasteiger partial charge in [-0.3, -0.25) is 9.36 Å². The van der Waals surface area contributed by atoms with Gasteiger partial charge in [0, 0.05) is 13.2 Å². The molecule has 9 nitrogen and oxygen atoms in total. The lowest BCUT2D eigenvalue weighted by Crippen LogP contribution is -2.31. The van der Waals surface area contributed by atoms with Gasteiger partial charge in [0.2, 0.25) is 5.91 Å². The van der Waals surface area contributed by atoms with E-state index >= 15 is 0 Å². The lowest BCUT2D eigenvalue weighted by Gasteiger charge is -2.14. The molecule has 1 amide bonds. The number of methoxy groups -OCH3 is 2. The molecule has 0 saturated carbocycles. The number of amides is 1. The fourth-order valence-corrected chi connectivity index (χ4v) is 3.97. The lowest BCUT2D eigenvalue weighted by molar-refractivity contribution is -0.120. The van der Waals surface area contributed by atoms with E-state index in [9.17, 15) is 9.59 Å². The molecule has 29 heavy (non-hydrogen) atoms. The van der Waals surface area contributed by atoms with Gasteiger partial charge in [0.05, 0.1) is 32.1 Å². The Bertz CT molecular complexity index is 891. The normalized spacial score (nSPS) is 17.1. The number of ether oxygens (including phenoxy) is 3. The molecule has 0 aliphatic carbocycles. The number of hydrogen-bond donors (Lipinski definition) is 2. The van der Waals surface area contributed by atoms with Gasteiger partial charge in [-0.25, -0.2) is 9.89 Å². The summed E-state index contributed by atoms with van der Waals surface area (Å²) < 4.78 is 17.6. The van der Waals surface area contributed by atoms with Crippen molar-refractivity contribution < 1.29 is 19.0 Å². The van der Waals surface area contributed by atoms with E-state index in [1.54, 1.807) is 31.8 Å². The average Bonchev–Trinajstić information content (AvgIpc) is 3.37. The Labute approximate surface area is 173 Å². The van der Waals surface area contributed by atoms with E-state index in [2.05, 4.69) is 15.5 Å². The van der Waals surface area contributed by atoms with E-state index in [-0.39, 0.29) is 17.7 Å². The van der Waals surface area contributed by atoms with Crippen molar-refractivity contribution in [2.45, 2.75) is 49.4 Å². The summed E-state index contributed by atoms with van der Waals surface area (Å²) in [6.07, 6.45) is 1.93. The number of nitrogens with one attached hydrogen (secondary N) is 2. The Hall–Kier alpha value is -2.46. The predicted molar refractivity (Wildman–Crippen MR) is 109 cm³/mol. The van der Waals surface area contributed by atoms with E-state index in [0.717, 1.165) is 18.4 Å². The van der Waals surface area contributed by atoms with Crippen molar-refractivity contribution in [3.63, 3.8) is 0 Å². The standard InChI is InChI=1S/C19H26N4O5S/c1-12(17(24)20-10-13-6-7-15(26-2)16(9-13)27-3)29-19-22-21-18(25)23(19)11-14-5-4-8-28-14/h6-7,9,12,14H,4-5,8,10-11H2,1-3H3,(H,20,24)(H,21,25)/t12-,14-/m0/s1. The molecule has 10 heteroatoms. The number of thioether (sulfide) groups is 1. The molecule has 0 radical (unpaired) electrons. The molecule has 0 unspecified atom stereocenters. The van der Waals surface area contributed by atoms with E-state index in [1.165, 1.54) is 11.8 Å². The van der Waals surface area contributed by atoms with Crippen LogP contribution in [0.5, 0.6) is 11.5 Å². The van der Waals surface area contributed by atoms with Crippen LogP contribution in [0.15, 0.2) is 28.2 Å². The monoisotopic (exact) mass is 422 g/mol. The first-order valence-corrected chi connectivity index (χ1v) is 10.3. The van der Waals surface area contributed by atoms with Crippen molar-refractivity contribution in [3.05, 3.63) is 34.2 Å².